The number of hydrogen-bond donors (Lipinski definition) is 6. The van der Waals surface area contributed by atoms with Crippen LogP contribution in [0.15, 0.2) is 11.6 Å². The smallest absolute Gasteiger partial charge is 0.106 e. The van der Waals surface area contributed by atoms with Gasteiger partial charge in [-0.3, -0.25) is 0 Å². The van der Waals surface area contributed by atoms with Crippen LogP contribution in [0.25, 0.3) is 0 Å². The van der Waals surface area contributed by atoms with E-state index in [0.29, 0.717) is 6.42 Å². The van der Waals surface area contributed by atoms with Crippen molar-refractivity contribution in [3.05, 3.63) is 11.6 Å². The van der Waals surface area contributed by atoms with Gasteiger partial charge in [0.2, 0.25) is 0 Å². The lowest BCUT2D eigenvalue weighted by Crippen LogP contribution is -2.62. The summed E-state index contributed by atoms with van der Waals surface area (Å²) in [7, 11) is 0. The second kappa shape index (κ2) is 5.10. The first-order valence-corrected chi connectivity index (χ1v) is 9.70. The lowest BCUT2D eigenvalue weighted by molar-refractivity contribution is -0.208. The second-order valence-electron chi connectivity index (χ2n) is 10.1. The average molecular weight is 368 g/mol. The van der Waals surface area contributed by atoms with Gasteiger partial charge in [0.25, 0.3) is 0 Å². The van der Waals surface area contributed by atoms with Crippen molar-refractivity contribution in [2.75, 3.05) is 0 Å². The van der Waals surface area contributed by atoms with Gasteiger partial charge in [-0.05, 0) is 39.0 Å². The molecule has 0 aliphatic heterocycles. The van der Waals surface area contributed by atoms with E-state index in [2.05, 4.69) is 0 Å². The highest BCUT2D eigenvalue weighted by atomic mass is 16.4. The molecule has 0 amide bonds. The normalized spacial score (nSPS) is 60.8. The second-order valence-corrected chi connectivity index (χ2v) is 10.1. The molecule has 6 heteroatoms. The highest BCUT2D eigenvalue weighted by Crippen LogP contribution is 2.67. The van der Waals surface area contributed by atoms with E-state index in [1.54, 1.807) is 20.8 Å². The van der Waals surface area contributed by atoms with Crippen molar-refractivity contribution in [2.45, 2.75) is 82.6 Å². The zero-order valence-corrected chi connectivity index (χ0v) is 15.9. The summed E-state index contributed by atoms with van der Waals surface area (Å²) in [6.07, 6.45) is -1.22. The summed E-state index contributed by atoms with van der Waals surface area (Å²) in [5, 5.41) is 66.9. The van der Waals surface area contributed by atoms with Crippen LogP contribution in [0.4, 0.5) is 0 Å². The summed E-state index contributed by atoms with van der Waals surface area (Å²) in [6.45, 7) is 6.78. The maximum atomic E-state index is 11.7. The Morgan fingerprint density at radius 2 is 1.58 bits per heavy atom. The number of rotatable bonds is 0. The molecule has 10 atom stereocenters. The Morgan fingerprint density at radius 1 is 0.962 bits per heavy atom. The highest BCUT2D eigenvalue weighted by Gasteiger charge is 2.76. The summed E-state index contributed by atoms with van der Waals surface area (Å²) >= 11 is 0. The number of hydrogen-bond acceptors (Lipinski definition) is 6. The van der Waals surface area contributed by atoms with E-state index in [0.717, 1.165) is 12.0 Å². The van der Waals surface area contributed by atoms with E-state index in [9.17, 15) is 30.6 Å². The first kappa shape index (κ1) is 18.8. The largest absolute Gasteiger partial charge is 0.392 e. The van der Waals surface area contributed by atoms with Gasteiger partial charge in [0.05, 0.1) is 30.0 Å². The fraction of sp³-hybridized carbons (Fsp3) is 0.900. The van der Waals surface area contributed by atoms with Crippen LogP contribution >= 0.6 is 0 Å². The fourth-order valence-corrected chi connectivity index (χ4v) is 7.35. The molecule has 4 aliphatic rings. The number of aliphatic hydroxyl groups is 6. The molecule has 0 aromatic carbocycles. The molecule has 0 saturated heterocycles. The molecule has 0 radical (unpaired) electrons. The quantitative estimate of drug-likeness (QED) is 0.333. The van der Waals surface area contributed by atoms with E-state index in [-0.39, 0.29) is 12.3 Å². The fourth-order valence-electron chi connectivity index (χ4n) is 7.35. The Labute approximate surface area is 154 Å². The number of fused-ring (bicyclic) bond motifs is 2. The van der Waals surface area contributed by atoms with Gasteiger partial charge in [-0.25, -0.2) is 0 Å². The third-order valence-corrected chi connectivity index (χ3v) is 8.73. The molecule has 0 unspecified atom stereocenters. The summed E-state index contributed by atoms with van der Waals surface area (Å²) in [5.41, 5.74) is -4.43. The van der Waals surface area contributed by atoms with E-state index in [1.165, 1.54) is 0 Å². The minimum absolute atomic E-state index is 0.00496. The third kappa shape index (κ3) is 1.79. The highest BCUT2D eigenvalue weighted by molar-refractivity contribution is 5.34. The van der Waals surface area contributed by atoms with Crippen molar-refractivity contribution in [1.29, 1.82) is 0 Å². The maximum Gasteiger partial charge on any atom is 0.106 e. The molecule has 4 rings (SSSR count). The van der Waals surface area contributed by atoms with Crippen molar-refractivity contribution in [1.82, 2.24) is 0 Å². The Hall–Kier alpha value is -0.500. The molecule has 1 spiro atoms. The Bertz CT molecular complexity index is 657. The molecule has 26 heavy (non-hydrogen) atoms. The van der Waals surface area contributed by atoms with Gasteiger partial charge in [0.15, 0.2) is 0 Å². The molecule has 6 N–H and O–H groups in total. The minimum Gasteiger partial charge on any atom is -0.392 e. The van der Waals surface area contributed by atoms with E-state index in [4.69, 9.17) is 0 Å². The molecule has 3 fully saturated rings. The molecule has 0 heterocycles. The Morgan fingerprint density at radius 3 is 2.19 bits per heavy atom. The van der Waals surface area contributed by atoms with Gasteiger partial charge in [-0.2, -0.15) is 0 Å². The standard InChI is InChI=1S/C20H32O6/c1-9-7-19-8-12(21)20(26)14(13(22)16(24)17(20,2)3)18(4,25)11(19)6-5-10(9)15(19)23/h7,10-16,21-26H,5-6,8H2,1-4H3/t10-,11-,12+,13+,14-,15+,16-,18+,19+,20+/m0/s1. The van der Waals surface area contributed by atoms with Crippen molar-refractivity contribution in [3.8, 4) is 0 Å². The van der Waals surface area contributed by atoms with Gasteiger partial charge in [-0.15, -0.1) is 0 Å². The van der Waals surface area contributed by atoms with Gasteiger partial charge in [0, 0.05) is 22.7 Å². The van der Waals surface area contributed by atoms with Crippen LogP contribution in [0, 0.1) is 28.6 Å². The van der Waals surface area contributed by atoms with E-state index >= 15 is 0 Å². The molecule has 6 nitrogen and oxygen atoms in total. The third-order valence-electron chi connectivity index (χ3n) is 8.73. The Balaban J connectivity index is 1.94. The summed E-state index contributed by atoms with van der Waals surface area (Å²) in [6, 6.07) is 0. The van der Waals surface area contributed by atoms with E-state index < -0.39 is 58.3 Å². The van der Waals surface area contributed by atoms with Crippen LogP contribution in [0.5, 0.6) is 0 Å². The molecule has 2 bridgehead atoms. The first-order valence-electron chi connectivity index (χ1n) is 9.70. The SMILES string of the molecule is CC1=C[C@@]23C[C@@H](O)[C@@]4(O)[C@@H]([C@@H](O)[C@H](O)C4(C)C)[C@](C)(O)[C@@H]2CC[C@@H]1[C@H]3O. The van der Waals surface area contributed by atoms with Gasteiger partial charge >= 0.3 is 0 Å². The van der Waals surface area contributed by atoms with Crippen molar-refractivity contribution in [2.24, 2.45) is 28.6 Å². The van der Waals surface area contributed by atoms with Gasteiger partial charge in [0.1, 0.15) is 5.60 Å². The minimum atomic E-state index is -1.87. The van der Waals surface area contributed by atoms with Crippen molar-refractivity contribution >= 4 is 0 Å². The Kier molecular flexibility index (Phi) is 3.70. The predicted octanol–water partition coefficient (Wildman–Crippen LogP) is -0.0557. The predicted molar refractivity (Wildman–Crippen MR) is 93.9 cm³/mol. The zero-order valence-electron chi connectivity index (χ0n) is 15.9. The molecule has 148 valence electrons. The summed E-state index contributed by atoms with van der Waals surface area (Å²) in [4.78, 5) is 0. The van der Waals surface area contributed by atoms with Crippen LogP contribution in [0.3, 0.4) is 0 Å². The van der Waals surface area contributed by atoms with Crippen LogP contribution in [0.2, 0.25) is 0 Å². The van der Waals surface area contributed by atoms with Crippen molar-refractivity contribution < 1.29 is 30.6 Å². The lowest BCUT2D eigenvalue weighted by atomic mass is 9.57. The summed E-state index contributed by atoms with van der Waals surface area (Å²) < 4.78 is 0. The van der Waals surface area contributed by atoms with Crippen LogP contribution in [-0.4, -0.2) is 66.3 Å². The maximum absolute atomic E-state index is 11.7. The molecule has 3 saturated carbocycles. The summed E-state index contributed by atoms with van der Waals surface area (Å²) in [5.74, 6) is -1.54. The van der Waals surface area contributed by atoms with Crippen LogP contribution in [0.1, 0.15) is 47.0 Å². The monoisotopic (exact) mass is 368 g/mol. The molecular formula is C20H32O6. The molecule has 4 aliphatic carbocycles. The van der Waals surface area contributed by atoms with Crippen LogP contribution in [-0.2, 0) is 0 Å². The lowest BCUT2D eigenvalue weighted by Gasteiger charge is -2.51. The van der Waals surface area contributed by atoms with Crippen molar-refractivity contribution in [3.63, 3.8) is 0 Å². The molecule has 0 aromatic rings. The van der Waals surface area contributed by atoms with Gasteiger partial charge in [-0.1, -0.05) is 25.5 Å². The molecular weight excluding hydrogens is 336 g/mol. The van der Waals surface area contributed by atoms with Crippen LogP contribution < -0.4 is 0 Å². The topological polar surface area (TPSA) is 121 Å². The average Bonchev–Trinajstić information content (AvgIpc) is 2.73. The van der Waals surface area contributed by atoms with Gasteiger partial charge < -0.3 is 30.6 Å². The molecule has 0 aromatic heterocycles. The number of aliphatic hydroxyl groups excluding tert-OH is 4. The first-order chi connectivity index (χ1) is 11.8. The van der Waals surface area contributed by atoms with E-state index in [1.807, 2.05) is 13.0 Å². The zero-order chi connectivity index (χ0) is 19.4.